The summed E-state index contributed by atoms with van der Waals surface area (Å²) in [6.07, 6.45) is 10.7. The monoisotopic (exact) mass is 392 g/mol. The number of piperidine rings is 1. The molecule has 3 nitrogen and oxygen atoms in total. The summed E-state index contributed by atoms with van der Waals surface area (Å²) in [5.41, 5.74) is 6.04. The molecule has 1 fully saturated rings. The summed E-state index contributed by atoms with van der Waals surface area (Å²) in [5.74, 6) is 0. The summed E-state index contributed by atoms with van der Waals surface area (Å²) >= 11 is 0. The van der Waals surface area contributed by atoms with Crippen LogP contribution in [0.4, 0.5) is 0 Å². The Morgan fingerprint density at radius 1 is 0.862 bits per heavy atom. The molecule has 2 aromatic rings. The molecular formula is C26H36N2O. The molecule has 0 spiro atoms. The van der Waals surface area contributed by atoms with Crippen molar-refractivity contribution in [1.82, 2.24) is 4.90 Å². The van der Waals surface area contributed by atoms with E-state index < -0.39 is 0 Å². The second-order valence-corrected chi connectivity index (χ2v) is 8.39. The highest BCUT2D eigenvalue weighted by molar-refractivity contribution is 6.00. The molecule has 0 aromatic heterocycles. The summed E-state index contributed by atoms with van der Waals surface area (Å²) in [7, 11) is 0. The van der Waals surface area contributed by atoms with Crippen LogP contribution in [-0.4, -0.2) is 35.5 Å². The molecule has 156 valence electrons. The lowest BCUT2D eigenvalue weighted by Gasteiger charge is -2.26. The minimum absolute atomic E-state index is 0.791. The number of rotatable bonds is 10. The van der Waals surface area contributed by atoms with Crippen LogP contribution in [0.1, 0.15) is 67.2 Å². The molecule has 29 heavy (non-hydrogen) atoms. The lowest BCUT2D eigenvalue weighted by Crippen LogP contribution is -2.30. The molecule has 0 radical (unpaired) electrons. The molecule has 1 N–H and O–H groups in total. The fraction of sp³-hybridized carbons (Fsp3) is 0.500. The Bertz CT molecular complexity index is 761. The van der Waals surface area contributed by atoms with E-state index >= 15 is 0 Å². The van der Waals surface area contributed by atoms with Gasteiger partial charge < -0.3 is 10.1 Å². The maximum atomic E-state index is 9.40. The average Bonchev–Trinajstić information content (AvgIpc) is 2.76. The lowest BCUT2D eigenvalue weighted by molar-refractivity contribution is 0.226. The topological polar surface area (TPSA) is 35.8 Å². The van der Waals surface area contributed by atoms with Crippen LogP contribution in [0, 0.1) is 6.92 Å². The van der Waals surface area contributed by atoms with Crippen molar-refractivity contribution < 1.29 is 5.21 Å². The van der Waals surface area contributed by atoms with Crippen molar-refractivity contribution >= 4 is 5.71 Å². The van der Waals surface area contributed by atoms with Gasteiger partial charge in [-0.3, -0.25) is 0 Å². The lowest BCUT2D eigenvalue weighted by atomic mass is 9.96. The predicted molar refractivity (Wildman–Crippen MR) is 122 cm³/mol. The standard InChI is InChI=1S/C26H36N2O/c1-22-15-17-25(18-16-22)26(27-29)14-6-5-12-23-10-3-4-11-24(23)13-9-21-28-19-7-2-8-20-28/h3-4,10-11,15-18,29H,2,5-9,12-14,19-21H2,1H3. The molecular weight excluding hydrogens is 356 g/mol. The quantitative estimate of drug-likeness (QED) is 0.233. The van der Waals surface area contributed by atoms with Gasteiger partial charge >= 0.3 is 0 Å². The summed E-state index contributed by atoms with van der Waals surface area (Å²) in [6, 6.07) is 17.2. The second-order valence-electron chi connectivity index (χ2n) is 8.39. The van der Waals surface area contributed by atoms with Gasteiger partial charge in [0, 0.05) is 0 Å². The normalized spacial score (nSPS) is 15.6. The summed E-state index contributed by atoms with van der Waals surface area (Å²) in [4.78, 5) is 2.63. The van der Waals surface area contributed by atoms with Crippen LogP contribution < -0.4 is 0 Å². The van der Waals surface area contributed by atoms with Gasteiger partial charge in [0.25, 0.3) is 0 Å². The fourth-order valence-electron chi connectivity index (χ4n) is 4.33. The Kier molecular flexibility index (Phi) is 8.76. The van der Waals surface area contributed by atoms with Crippen molar-refractivity contribution in [2.45, 2.75) is 64.7 Å². The van der Waals surface area contributed by atoms with Gasteiger partial charge in [0.15, 0.2) is 0 Å². The highest BCUT2D eigenvalue weighted by Crippen LogP contribution is 2.17. The molecule has 1 saturated heterocycles. The van der Waals surface area contributed by atoms with Gasteiger partial charge in [-0.25, -0.2) is 0 Å². The van der Waals surface area contributed by atoms with Gasteiger partial charge in [-0.2, -0.15) is 0 Å². The van der Waals surface area contributed by atoms with E-state index in [2.05, 4.69) is 53.4 Å². The molecule has 1 heterocycles. The van der Waals surface area contributed by atoms with E-state index in [1.54, 1.807) is 0 Å². The highest BCUT2D eigenvalue weighted by Gasteiger charge is 2.10. The molecule has 1 aliphatic heterocycles. The number of unbranched alkanes of at least 4 members (excludes halogenated alkanes) is 1. The summed E-state index contributed by atoms with van der Waals surface area (Å²) in [6.45, 7) is 5.89. The van der Waals surface area contributed by atoms with E-state index in [4.69, 9.17) is 0 Å². The molecule has 3 rings (SSSR count). The van der Waals surface area contributed by atoms with Crippen LogP contribution in [0.3, 0.4) is 0 Å². The third kappa shape index (κ3) is 7.01. The Morgan fingerprint density at radius 2 is 1.52 bits per heavy atom. The zero-order valence-corrected chi connectivity index (χ0v) is 17.9. The van der Waals surface area contributed by atoms with Gasteiger partial charge in [-0.15, -0.1) is 0 Å². The number of likely N-dealkylation sites (tertiary alicyclic amines) is 1. The first kappa shape index (κ1) is 21.6. The van der Waals surface area contributed by atoms with Crippen molar-refractivity contribution in [2.75, 3.05) is 19.6 Å². The Hall–Kier alpha value is -2.13. The molecule has 1 aliphatic rings. The smallest absolute Gasteiger partial charge is 0.0867 e. The van der Waals surface area contributed by atoms with Crippen LogP contribution >= 0.6 is 0 Å². The second kappa shape index (κ2) is 11.8. The number of hydrogen-bond donors (Lipinski definition) is 1. The predicted octanol–water partition coefficient (Wildman–Crippen LogP) is 6.00. The van der Waals surface area contributed by atoms with Crippen LogP contribution in [0.2, 0.25) is 0 Å². The average molecular weight is 393 g/mol. The fourth-order valence-corrected chi connectivity index (χ4v) is 4.33. The van der Waals surface area contributed by atoms with E-state index in [0.29, 0.717) is 0 Å². The van der Waals surface area contributed by atoms with Gasteiger partial charge in [0.1, 0.15) is 0 Å². The SMILES string of the molecule is Cc1ccc(C(CCCCc2ccccc2CCCN2CCCCC2)=NO)cc1. The largest absolute Gasteiger partial charge is 0.411 e. The van der Waals surface area contributed by atoms with Crippen LogP contribution in [0.5, 0.6) is 0 Å². The zero-order valence-electron chi connectivity index (χ0n) is 17.9. The first-order valence-corrected chi connectivity index (χ1v) is 11.3. The van der Waals surface area contributed by atoms with E-state index in [9.17, 15) is 5.21 Å². The Morgan fingerprint density at radius 3 is 2.17 bits per heavy atom. The minimum atomic E-state index is 0.791. The molecule has 0 aliphatic carbocycles. The van der Waals surface area contributed by atoms with E-state index in [-0.39, 0.29) is 0 Å². The van der Waals surface area contributed by atoms with E-state index in [1.807, 2.05) is 12.1 Å². The van der Waals surface area contributed by atoms with Gasteiger partial charge in [0.2, 0.25) is 0 Å². The van der Waals surface area contributed by atoms with Crippen LogP contribution in [-0.2, 0) is 12.8 Å². The Balaban J connectivity index is 1.43. The number of nitrogens with zero attached hydrogens (tertiary/aromatic N) is 2. The van der Waals surface area contributed by atoms with Crippen LogP contribution in [0.25, 0.3) is 0 Å². The van der Waals surface area contributed by atoms with Crippen molar-refractivity contribution in [2.24, 2.45) is 5.16 Å². The van der Waals surface area contributed by atoms with Crippen LogP contribution in [0.15, 0.2) is 53.7 Å². The summed E-state index contributed by atoms with van der Waals surface area (Å²) < 4.78 is 0. The number of benzene rings is 2. The van der Waals surface area contributed by atoms with E-state index in [0.717, 1.165) is 37.0 Å². The van der Waals surface area contributed by atoms with Crippen molar-refractivity contribution in [3.63, 3.8) is 0 Å². The third-order valence-corrected chi connectivity index (χ3v) is 6.10. The first-order chi connectivity index (χ1) is 14.3. The summed E-state index contributed by atoms with van der Waals surface area (Å²) in [5, 5.41) is 12.9. The third-order valence-electron chi connectivity index (χ3n) is 6.10. The Labute approximate surface area is 176 Å². The number of aryl methyl sites for hydroxylation is 3. The van der Waals surface area contributed by atoms with Crippen molar-refractivity contribution in [3.8, 4) is 0 Å². The van der Waals surface area contributed by atoms with Crippen molar-refractivity contribution in [3.05, 3.63) is 70.8 Å². The molecule has 0 atom stereocenters. The van der Waals surface area contributed by atoms with Gasteiger partial charge in [-0.1, -0.05) is 65.7 Å². The minimum Gasteiger partial charge on any atom is -0.411 e. The molecule has 0 bridgehead atoms. The highest BCUT2D eigenvalue weighted by atomic mass is 16.4. The van der Waals surface area contributed by atoms with Crippen molar-refractivity contribution in [1.29, 1.82) is 0 Å². The molecule has 3 heteroatoms. The molecule has 0 saturated carbocycles. The molecule has 0 amide bonds. The maximum Gasteiger partial charge on any atom is 0.0867 e. The molecule has 2 aromatic carbocycles. The maximum absolute atomic E-state index is 9.40. The van der Waals surface area contributed by atoms with Gasteiger partial charge in [-0.05, 0) is 94.6 Å². The zero-order chi connectivity index (χ0) is 20.3. The number of hydrogen-bond acceptors (Lipinski definition) is 3. The number of oxime groups is 1. The van der Waals surface area contributed by atoms with E-state index in [1.165, 1.54) is 68.4 Å². The first-order valence-electron chi connectivity index (χ1n) is 11.3. The molecule has 0 unspecified atom stereocenters. The van der Waals surface area contributed by atoms with Gasteiger partial charge in [0.05, 0.1) is 5.71 Å².